The molecule has 0 unspecified atom stereocenters. The highest BCUT2D eigenvalue weighted by Crippen LogP contribution is 2.40. The second kappa shape index (κ2) is 8.24. The van der Waals surface area contributed by atoms with Crippen molar-refractivity contribution in [2.75, 3.05) is 32.2 Å². The first-order chi connectivity index (χ1) is 14.8. The molecule has 154 valence electrons. The molecule has 2 aromatic carbocycles. The molecule has 0 spiro atoms. The van der Waals surface area contributed by atoms with Gasteiger partial charge in [-0.05, 0) is 61.3 Å². The minimum Gasteiger partial charge on any atom is -0.486 e. The lowest BCUT2D eigenvalue weighted by Gasteiger charge is -2.21. The maximum absolute atomic E-state index is 5.84. The van der Waals surface area contributed by atoms with Crippen LogP contribution in [0.25, 0.3) is 11.3 Å². The number of nitrogens with one attached hydrogen (secondary N) is 2. The van der Waals surface area contributed by atoms with Crippen LogP contribution in [0, 0.1) is 0 Å². The summed E-state index contributed by atoms with van der Waals surface area (Å²) < 4.78 is 17.1. The number of nitrogens with zero attached hydrogens (tertiary/aromatic N) is 1. The molecule has 1 atom stereocenters. The van der Waals surface area contributed by atoms with Gasteiger partial charge in [-0.25, -0.2) is 4.98 Å². The minimum atomic E-state index is 0.431. The van der Waals surface area contributed by atoms with Crippen LogP contribution in [0.15, 0.2) is 54.6 Å². The van der Waals surface area contributed by atoms with Crippen LogP contribution in [0.1, 0.15) is 24.4 Å². The van der Waals surface area contributed by atoms with Crippen molar-refractivity contribution >= 4 is 11.4 Å². The SMILES string of the molecule is COc1nc(-c2cccc3c2OCCO3)ccc1Nc1cccc([C@@H]2CCCN2)c1. The molecule has 30 heavy (non-hydrogen) atoms. The second-order valence-electron chi connectivity index (χ2n) is 7.48. The number of hydrogen-bond donors (Lipinski definition) is 2. The third-order valence-electron chi connectivity index (χ3n) is 5.52. The molecule has 3 heterocycles. The summed E-state index contributed by atoms with van der Waals surface area (Å²) in [6, 6.07) is 18.8. The van der Waals surface area contributed by atoms with Crippen molar-refractivity contribution in [1.82, 2.24) is 10.3 Å². The highest BCUT2D eigenvalue weighted by molar-refractivity contribution is 5.75. The molecule has 0 bridgehead atoms. The molecule has 0 amide bonds. The summed E-state index contributed by atoms with van der Waals surface area (Å²) in [6.45, 7) is 2.18. The lowest BCUT2D eigenvalue weighted by Crippen LogP contribution is -2.16. The molecule has 5 rings (SSSR count). The zero-order chi connectivity index (χ0) is 20.3. The van der Waals surface area contributed by atoms with Crippen molar-refractivity contribution in [2.24, 2.45) is 0 Å². The second-order valence-corrected chi connectivity index (χ2v) is 7.48. The number of benzene rings is 2. The van der Waals surface area contributed by atoms with Crippen molar-refractivity contribution in [1.29, 1.82) is 0 Å². The Bertz CT molecular complexity index is 1050. The highest BCUT2D eigenvalue weighted by Gasteiger charge is 2.19. The van der Waals surface area contributed by atoms with E-state index in [9.17, 15) is 0 Å². The van der Waals surface area contributed by atoms with E-state index in [0.29, 0.717) is 25.1 Å². The van der Waals surface area contributed by atoms with Gasteiger partial charge in [-0.3, -0.25) is 0 Å². The van der Waals surface area contributed by atoms with Crippen LogP contribution >= 0.6 is 0 Å². The number of fused-ring (bicyclic) bond motifs is 1. The average molecular weight is 403 g/mol. The fourth-order valence-corrected chi connectivity index (χ4v) is 4.07. The van der Waals surface area contributed by atoms with Crippen molar-refractivity contribution in [3.63, 3.8) is 0 Å². The number of hydrogen-bond acceptors (Lipinski definition) is 6. The van der Waals surface area contributed by atoms with E-state index in [-0.39, 0.29) is 0 Å². The molecule has 1 saturated heterocycles. The monoisotopic (exact) mass is 403 g/mol. The molecule has 2 aliphatic heterocycles. The first-order valence-corrected chi connectivity index (χ1v) is 10.4. The van der Waals surface area contributed by atoms with Gasteiger partial charge in [-0.15, -0.1) is 0 Å². The first-order valence-electron chi connectivity index (χ1n) is 10.4. The van der Waals surface area contributed by atoms with Gasteiger partial charge in [0.1, 0.15) is 18.9 Å². The number of para-hydroxylation sites is 1. The molecule has 0 saturated carbocycles. The van der Waals surface area contributed by atoms with Crippen molar-refractivity contribution in [2.45, 2.75) is 18.9 Å². The third-order valence-corrected chi connectivity index (χ3v) is 5.52. The van der Waals surface area contributed by atoms with E-state index in [0.717, 1.165) is 40.7 Å². The molecular formula is C24H25N3O3. The van der Waals surface area contributed by atoms with E-state index in [1.807, 2.05) is 30.3 Å². The summed E-state index contributed by atoms with van der Waals surface area (Å²) in [5.74, 6) is 2.01. The summed E-state index contributed by atoms with van der Waals surface area (Å²) in [6.07, 6.45) is 2.40. The predicted octanol–water partition coefficient (Wildman–Crippen LogP) is 4.70. The standard InChI is InChI=1S/C24H25N3O3/c1-28-24-21(26-17-6-2-5-16(15-17)19-8-4-12-25-19)11-10-20(27-24)18-7-3-9-22-23(18)30-14-13-29-22/h2-3,5-7,9-11,15,19,25-26H,4,8,12-14H2,1H3/t19-/m0/s1. The first kappa shape index (κ1) is 18.8. The van der Waals surface area contributed by atoms with E-state index >= 15 is 0 Å². The van der Waals surface area contributed by atoms with E-state index in [1.54, 1.807) is 7.11 Å². The van der Waals surface area contributed by atoms with Crippen LogP contribution < -0.4 is 24.8 Å². The Morgan fingerprint density at radius 2 is 1.97 bits per heavy atom. The largest absolute Gasteiger partial charge is 0.486 e. The van der Waals surface area contributed by atoms with Crippen LogP contribution in [0.4, 0.5) is 11.4 Å². The Balaban J connectivity index is 1.43. The van der Waals surface area contributed by atoms with E-state index in [4.69, 9.17) is 19.2 Å². The summed E-state index contributed by atoms with van der Waals surface area (Å²) in [7, 11) is 1.64. The van der Waals surface area contributed by atoms with Gasteiger partial charge >= 0.3 is 0 Å². The summed E-state index contributed by atoms with van der Waals surface area (Å²) >= 11 is 0. The topological polar surface area (TPSA) is 64.6 Å². The zero-order valence-corrected chi connectivity index (χ0v) is 17.0. The van der Waals surface area contributed by atoms with Gasteiger partial charge in [0.05, 0.1) is 12.8 Å². The molecule has 2 aliphatic rings. The van der Waals surface area contributed by atoms with Gasteiger partial charge in [0, 0.05) is 17.3 Å². The van der Waals surface area contributed by atoms with Gasteiger partial charge in [0.15, 0.2) is 11.5 Å². The van der Waals surface area contributed by atoms with Gasteiger partial charge in [-0.1, -0.05) is 18.2 Å². The Morgan fingerprint density at radius 3 is 2.83 bits per heavy atom. The number of rotatable bonds is 5. The highest BCUT2D eigenvalue weighted by atomic mass is 16.6. The average Bonchev–Trinajstić information content (AvgIpc) is 3.34. The Morgan fingerprint density at radius 1 is 1.07 bits per heavy atom. The van der Waals surface area contributed by atoms with Crippen LogP contribution in [-0.4, -0.2) is 31.9 Å². The van der Waals surface area contributed by atoms with Crippen LogP contribution in [-0.2, 0) is 0 Å². The third kappa shape index (κ3) is 3.66. The lowest BCUT2D eigenvalue weighted by atomic mass is 10.0. The zero-order valence-electron chi connectivity index (χ0n) is 17.0. The number of anilines is 2. The molecule has 1 aromatic heterocycles. The number of methoxy groups -OCH3 is 1. The summed E-state index contributed by atoms with van der Waals surface area (Å²) in [4.78, 5) is 4.73. The number of pyridine rings is 1. The predicted molar refractivity (Wildman–Crippen MR) is 117 cm³/mol. The molecular weight excluding hydrogens is 378 g/mol. The van der Waals surface area contributed by atoms with Gasteiger partial charge < -0.3 is 24.8 Å². The van der Waals surface area contributed by atoms with Crippen LogP contribution in [0.3, 0.4) is 0 Å². The molecule has 0 radical (unpaired) electrons. The Kier molecular flexibility index (Phi) is 5.15. The van der Waals surface area contributed by atoms with Crippen LogP contribution in [0.2, 0.25) is 0 Å². The Labute approximate surface area is 176 Å². The van der Waals surface area contributed by atoms with E-state index in [2.05, 4.69) is 34.9 Å². The molecule has 0 aliphatic carbocycles. The normalized spacial score (nSPS) is 17.6. The summed E-state index contributed by atoms with van der Waals surface area (Å²) in [5.41, 5.74) is 4.81. The quantitative estimate of drug-likeness (QED) is 0.644. The minimum absolute atomic E-state index is 0.431. The number of aromatic nitrogens is 1. The van der Waals surface area contributed by atoms with Crippen molar-refractivity contribution < 1.29 is 14.2 Å². The Hall–Kier alpha value is -3.25. The van der Waals surface area contributed by atoms with E-state index in [1.165, 1.54) is 18.4 Å². The number of ether oxygens (including phenoxy) is 3. The van der Waals surface area contributed by atoms with Gasteiger partial charge in [0.25, 0.3) is 0 Å². The molecule has 2 N–H and O–H groups in total. The lowest BCUT2D eigenvalue weighted by molar-refractivity contribution is 0.172. The smallest absolute Gasteiger partial charge is 0.238 e. The molecule has 3 aromatic rings. The van der Waals surface area contributed by atoms with Gasteiger partial charge in [-0.2, -0.15) is 0 Å². The molecule has 6 heteroatoms. The van der Waals surface area contributed by atoms with Crippen molar-refractivity contribution in [3.05, 3.63) is 60.2 Å². The fraction of sp³-hybridized carbons (Fsp3) is 0.292. The van der Waals surface area contributed by atoms with Crippen molar-refractivity contribution in [3.8, 4) is 28.6 Å². The molecule has 6 nitrogen and oxygen atoms in total. The maximum Gasteiger partial charge on any atom is 0.238 e. The fourth-order valence-electron chi connectivity index (χ4n) is 4.07. The summed E-state index contributed by atoms with van der Waals surface area (Å²) in [5, 5.41) is 7.01. The van der Waals surface area contributed by atoms with Crippen LogP contribution in [0.5, 0.6) is 17.4 Å². The maximum atomic E-state index is 5.84. The van der Waals surface area contributed by atoms with Gasteiger partial charge in [0.2, 0.25) is 5.88 Å². The molecule has 1 fully saturated rings. The van der Waals surface area contributed by atoms with E-state index < -0.39 is 0 Å².